The van der Waals surface area contributed by atoms with Crippen LogP contribution in [0.25, 0.3) is 0 Å². The van der Waals surface area contributed by atoms with Gasteiger partial charge < -0.3 is 25.6 Å². The Labute approximate surface area is 170 Å². The van der Waals surface area contributed by atoms with Gasteiger partial charge in [-0.3, -0.25) is 4.79 Å². The van der Waals surface area contributed by atoms with E-state index in [0.717, 1.165) is 6.07 Å². The van der Waals surface area contributed by atoms with E-state index >= 15 is 0 Å². The van der Waals surface area contributed by atoms with Gasteiger partial charge in [0.25, 0.3) is 5.91 Å². The Morgan fingerprint density at radius 3 is 2.63 bits per heavy atom. The Hall–Kier alpha value is -2.78. The molecular formula is C21H21F3N2O4. The lowest BCUT2D eigenvalue weighted by atomic mass is 9.97. The van der Waals surface area contributed by atoms with Gasteiger partial charge in [-0.2, -0.15) is 13.2 Å². The number of carbonyl (C=O) groups is 1. The first kappa shape index (κ1) is 20.5. The fourth-order valence-electron chi connectivity index (χ4n) is 3.75. The number of aromatic hydroxyl groups is 1. The molecular weight excluding hydrogens is 401 g/mol. The minimum atomic E-state index is -4.42. The molecule has 0 aromatic heterocycles. The molecule has 9 heteroatoms. The van der Waals surface area contributed by atoms with E-state index in [4.69, 9.17) is 4.74 Å². The number of rotatable bonds is 6. The van der Waals surface area contributed by atoms with E-state index in [1.54, 1.807) is 6.07 Å². The van der Waals surface area contributed by atoms with Crippen LogP contribution in [0.5, 0.6) is 11.5 Å². The predicted molar refractivity (Wildman–Crippen MR) is 102 cm³/mol. The van der Waals surface area contributed by atoms with E-state index in [-0.39, 0.29) is 42.3 Å². The van der Waals surface area contributed by atoms with Gasteiger partial charge in [0.1, 0.15) is 11.4 Å². The molecule has 0 spiro atoms. The van der Waals surface area contributed by atoms with E-state index in [1.807, 2.05) is 0 Å². The Morgan fingerprint density at radius 1 is 1.20 bits per heavy atom. The number of aliphatic hydroxyl groups is 1. The molecule has 1 saturated carbocycles. The van der Waals surface area contributed by atoms with Gasteiger partial charge in [-0.25, -0.2) is 0 Å². The number of aliphatic hydroxyl groups excluding tert-OH is 1. The number of nitrogens with one attached hydrogen (secondary N) is 2. The number of hydrogen-bond acceptors (Lipinski definition) is 5. The number of halogens is 3. The summed E-state index contributed by atoms with van der Waals surface area (Å²) in [6.07, 6.45) is -3.85. The van der Waals surface area contributed by atoms with Crippen molar-refractivity contribution in [1.29, 1.82) is 0 Å². The number of fused-ring (bicyclic) bond motifs is 1. The predicted octanol–water partition coefficient (Wildman–Crippen LogP) is 3.14. The molecule has 4 N–H and O–H groups in total. The van der Waals surface area contributed by atoms with Crippen LogP contribution in [-0.4, -0.2) is 34.8 Å². The zero-order valence-corrected chi connectivity index (χ0v) is 15.9. The van der Waals surface area contributed by atoms with Crippen molar-refractivity contribution in [3.63, 3.8) is 0 Å². The Balaban J connectivity index is 1.47. The minimum Gasteiger partial charge on any atom is -0.506 e. The lowest BCUT2D eigenvalue weighted by Crippen LogP contribution is -2.37. The number of carbonyl (C=O) groups excluding carboxylic acids is 1. The van der Waals surface area contributed by atoms with Crippen LogP contribution in [0, 0.1) is 0 Å². The zero-order valence-electron chi connectivity index (χ0n) is 15.9. The van der Waals surface area contributed by atoms with Crippen LogP contribution in [0.1, 0.15) is 35.6 Å². The van der Waals surface area contributed by atoms with E-state index in [9.17, 15) is 28.2 Å². The summed E-state index contributed by atoms with van der Waals surface area (Å²) in [4.78, 5) is 11.5. The second-order valence-corrected chi connectivity index (χ2v) is 7.72. The monoisotopic (exact) mass is 422 g/mol. The summed E-state index contributed by atoms with van der Waals surface area (Å²) in [7, 11) is 0. The average molecular weight is 422 g/mol. The smallest absolute Gasteiger partial charge is 0.416 e. The summed E-state index contributed by atoms with van der Waals surface area (Å²) >= 11 is 0. The third-order valence-corrected chi connectivity index (χ3v) is 5.51. The highest BCUT2D eigenvalue weighted by Gasteiger charge is 2.44. The lowest BCUT2D eigenvalue weighted by molar-refractivity contribution is -0.138. The molecule has 0 bridgehead atoms. The number of benzene rings is 2. The molecule has 2 aromatic rings. The zero-order chi connectivity index (χ0) is 21.5. The number of ether oxygens (including phenoxy) is 1. The van der Waals surface area contributed by atoms with Crippen molar-refractivity contribution in [1.82, 2.24) is 5.32 Å². The van der Waals surface area contributed by atoms with Gasteiger partial charge in [-0.05, 0) is 43.0 Å². The average Bonchev–Trinajstić information content (AvgIpc) is 3.46. The molecule has 1 aliphatic carbocycles. The highest BCUT2D eigenvalue weighted by Crippen LogP contribution is 2.44. The SMILES string of the molecule is O=C1COc2c(C(O)CNC3(Cc4ccccc4C(F)(F)F)CC3)ccc(O)c2N1. The maximum Gasteiger partial charge on any atom is 0.416 e. The fourth-order valence-corrected chi connectivity index (χ4v) is 3.75. The van der Waals surface area contributed by atoms with Gasteiger partial charge in [0.2, 0.25) is 0 Å². The van der Waals surface area contributed by atoms with Crippen LogP contribution in [0.4, 0.5) is 18.9 Å². The first-order valence-corrected chi connectivity index (χ1v) is 9.55. The van der Waals surface area contributed by atoms with Crippen LogP contribution in [-0.2, 0) is 17.4 Å². The second kappa shape index (κ2) is 7.48. The molecule has 1 amide bonds. The summed E-state index contributed by atoms with van der Waals surface area (Å²) in [5.41, 5.74) is -0.452. The largest absolute Gasteiger partial charge is 0.506 e. The van der Waals surface area contributed by atoms with Gasteiger partial charge in [0.15, 0.2) is 12.4 Å². The standard InChI is InChI=1S/C21H21F3N2O4/c22-21(23,24)14-4-2-1-3-12(14)9-20(7-8-20)25-10-16(28)13-5-6-15(27)18-19(13)30-11-17(29)26-18/h1-6,16,25,27-28H,7-11H2,(H,26,29). The van der Waals surface area contributed by atoms with Crippen LogP contribution in [0.15, 0.2) is 36.4 Å². The third-order valence-electron chi connectivity index (χ3n) is 5.51. The van der Waals surface area contributed by atoms with E-state index in [0.29, 0.717) is 18.4 Å². The maximum atomic E-state index is 13.3. The van der Waals surface area contributed by atoms with E-state index < -0.39 is 29.3 Å². The first-order valence-electron chi connectivity index (χ1n) is 9.55. The highest BCUT2D eigenvalue weighted by atomic mass is 19.4. The quantitative estimate of drug-likeness (QED) is 0.537. The molecule has 1 atom stereocenters. The summed E-state index contributed by atoms with van der Waals surface area (Å²) in [6.45, 7) is -0.148. The second-order valence-electron chi connectivity index (χ2n) is 7.72. The number of phenols is 1. The van der Waals surface area contributed by atoms with Crippen molar-refractivity contribution in [2.75, 3.05) is 18.5 Å². The van der Waals surface area contributed by atoms with Crippen LogP contribution in [0.3, 0.4) is 0 Å². The molecule has 1 fully saturated rings. The van der Waals surface area contributed by atoms with Crippen molar-refractivity contribution in [3.05, 3.63) is 53.1 Å². The van der Waals surface area contributed by atoms with Gasteiger partial charge in [0.05, 0.1) is 11.7 Å². The first-order chi connectivity index (χ1) is 14.2. The molecule has 4 rings (SSSR count). The van der Waals surface area contributed by atoms with Crippen LogP contribution < -0.4 is 15.4 Å². The Kier molecular flexibility index (Phi) is 5.11. The highest BCUT2D eigenvalue weighted by molar-refractivity contribution is 5.97. The molecule has 1 aliphatic heterocycles. The van der Waals surface area contributed by atoms with Gasteiger partial charge >= 0.3 is 6.18 Å². The summed E-state index contributed by atoms with van der Waals surface area (Å²) < 4.78 is 45.2. The molecule has 0 saturated heterocycles. The van der Waals surface area contributed by atoms with Gasteiger partial charge in [-0.1, -0.05) is 18.2 Å². The maximum absolute atomic E-state index is 13.3. The molecule has 1 unspecified atom stereocenters. The molecule has 160 valence electrons. The number of alkyl halides is 3. The van der Waals surface area contributed by atoms with Crippen LogP contribution >= 0.6 is 0 Å². The minimum absolute atomic E-state index is 0.0860. The van der Waals surface area contributed by atoms with Crippen molar-refractivity contribution in [3.8, 4) is 11.5 Å². The molecule has 0 radical (unpaired) electrons. The Morgan fingerprint density at radius 2 is 1.93 bits per heavy atom. The van der Waals surface area contributed by atoms with Crippen molar-refractivity contribution < 1.29 is 32.9 Å². The Bertz CT molecular complexity index is 973. The number of phenolic OH excluding ortho intramolecular Hbond substituents is 1. The molecule has 1 heterocycles. The number of β-amino-alcohol motifs (C(OH)–C–C–N with tert-alkyl or cyclic N) is 1. The molecule has 2 aliphatic rings. The normalized spacial score (nSPS) is 18.2. The molecule has 6 nitrogen and oxygen atoms in total. The van der Waals surface area contributed by atoms with Crippen LogP contribution in [0.2, 0.25) is 0 Å². The van der Waals surface area contributed by atoms with Crippen molar-refractivity contribution in [2.45, 2.75) is 37.1 Å². The van der Waals surface area contributed by atoms with Gasteiger partial charge in [0, 0.05) is 17.6 Å². The summed E-state index contributed by atoms with van der Waals surface area (Å²) in [5, 5.41) is 26.3. The summed E-state index contributed by atoms with van der Waals surface area (Å²) in [5.74, 6) is -0.400. The summed E-state index contributed by atoms with van der Waals surface area (Å²) in [6, 6.07) is 8.36. The molecule has 30 heavy (non-hydrogen) atoms. The fraction of sp³-hybridized carbons (Fsp3) is 0.381. The third kappa shape index (κ3) is 4.08. The number of amides is 1. The topological polar surface area (TPSA) is 90.8 Å². The van der Waals surface area contributed by atoms with Crippen molar-refractivity contribution >= 4 is 11.6 Å². The lowest BCUT2D eigenvalue weighted by Gasteiger charge is -2.25. The van der Waals surface area contributed by atoms with Crippen molar-refractivity contribution in [2.24, 2.45) is 0 Å². The van der Waals surface area contributed by atoms with Gasteiger partial charge in [-0.15, -0.1) is 0 Å². The molecule has 2 aromatic carbocycles. The van der Waals surface area contributed by atoms with E-state index in [2.05, 4.69) is 10.6 Å². The number of anilines is 1. The number of hydrogen-bond donors (Lipinski definition) is 4. The van der Waals surface area contributed by atoms with E-state index in [1.165, 1.54) is 24.3 Å².